The topological polar surface area (TPSA) is 72.2 Å². The van der Waals surface area contributed by atoms with E-state index in [-0.39, 0.29) is 11.7 Å². The second-order valence-corrected chi connectivity index (χ2v) is 5.09. The predicted octanol–water partition coefficient (Wildman–Crippen LogP) is 3.49. The molecule has 2 aromatic rings. The van der Waals surface area contributed by atoms with Crippen molar-refractivity contribution in [2.24, 2.45) is 0 Å². The second-order valence-electron chi connectivity index (χ2n) is 4.30. The molecule has 3 N–H and O–H groups in total. The molecule has 20 heavy (non-hydrogen) atoms. The van der Waals surface area contributed by atoms with Gasteiger partial charge in [0.05, 0.1) is 10.0 Å². The van der Waals surface area contributed by atoms with Crippen LogP contribution in [-0.4, -0.2) is 11.7 Å². The highest BCUT2D eigenvalue weighted by Gasteiger charge is 2.12. The number of Topliss-reactive ketones (excluding diaryl/α,β-unsaturated/α-hetero) is 1. The molecule has 0 fully saturated rings. The molecule has 2 rings (SSSR count). The van der Waals surface area contributed by atoms with Crippen LogP contribution in [0.3, 0.4) is 0 Å². The van der Waals surface area contributed by atoms with Gasteiger partial charge in [0.15, 0.2) is 5.78 Å². The Labute approximate surface area is 125 Å². The van der Waals surface area contributed by atoms with E-state index in [0.717, 1.165) is 0 Å². The Morgan fingerprint density at radius 1 is 1.10 bits per heavy atom. The van der Waals surface area contributed by atoms with Crippen molar-refractivity contribution in [3.8, 4) is 0 Å². The van der Waals surface area contributed by atoms with Crippen LogP contribution in [0.2, 0.25) is 0 Å². The normalized spacial score (nSPS) is 10.1. The smallest absolute Gasteiger partial charge is 0.256 e. The van der Waals surface area contributed by atoms with Crippen LogP contribution in [0, 0.1) is 0 Å². The third-order valence-electron chi connectivity index (χ3n) is 2.82. The van der Waals surface area contributed by atoms with E-state index in [0.29, 0.717) is 27.0 Å². The number of nitrogens with one attached hydrogen (secondary N) is 1. The summed E-state index contributed by atoms with van der Waals surface area (Å²) in [7, 11) is 0. The molecule has 102 valence electrons. The molecule has 0 atom stereocenters. The van der Waals surface area contributed by atoms with Gasteiger partial charge in [-0.15, -0.1) is 0 Å². The van der Waals surface area contributed by atoms with Gasteiger partial charge in [0.1, 0.15) is 0 Å². The molecular weight excluding hydrogens is 320 g/mol. The molecule has 0 aromatic heterocycles. The van der Waals surface area contributed by atoms with Gasteiger partial charge in [0.2, 0.25) is 0 Å². The lowest BCUT2D eigenvalue weighted by atomic mass is 10.1. The van der Waals surface area contributed by atoms with E-state index in [1.165, 1.54) is 6.92 Å². The van der Waals surface area contributed by atoms with Gasteiger partial charge in [0.25, 0.3) is 5.91 Å². The number of nitrogen functional groups attached to an aromatic ring is 1. The summed E-state index contributed by atoms with van der Waals surface area (Å²) in [5.41, 5.74) is 7.93. The largest absolute Gasteiger partial charge is 0.398 e. The average Bonchev–Trinajstić information content (AvgIpc) is 2.42. The van der Waals surface area contributed by atoms with Gasteiger partial charge in [-0.25, -0.2) is 0 Å². The molecule has 2 aromatic carbocycles. The summed E-state index contributed by atoms with van der Waals surface area (Å²) in [4.78, 5) is 23.3. The molecule has 0 aliphatic rings. The predicted molar refractivity (Wildman–Crippen MR) is 83.0 cm³/mol. The first-order valence-corrected chi connectivity index (χ1v) is 6.74. The minimum atomic E-state index is -0.264. The van der Waals surface area contributed by atoms with Crippen LogP contribution in [0.25, 0.3) is 0 Å². The molecule has 0 radical (unpaired) electrons. The van der Waals surface area contributed by atoms with Gasteiger partial charge in [-0.3, -0.25) is 9.59 Å². The number of ketones is 1. The summed E-state index contributed by atoms with van der Waals surface area (Å²) in [6.07, 6.45) is 0. The van der Waals surface area contributed by atoms with Crippen molar-refractivity contribution in [3.05, 3.63) is 58.1 Å². The van der Waals surface area contributed by atoms with Gasteiger partial charge in [0, 0.05) is 16.9 Å². The second kappa shape index (κ2) is 5.88. The van der Waals surface area contributed by atoms with Crippen LogP contribution >= 0.6 is 15.9 Å². The zero-order chi connectivity index (χ0) is 14.7. The van der Waals surface area contributed by atoms with Crippen molar-refractivity contribution < 1.29 is 9.59 Å². The quantitative estimate of drug-likeness (QED) is 0.667. The first kappa shape index (κ1) is 14.3. The van der Waals surface area contributed by atoms with Crippen molar-refractivity contribution in [1.29, 1.82) is 0 Å². The standard InChI is InChI=1S/C15H13BrN2O2/c1-9(19)10-5-7-11(8-6-10)18-15(20)12-3-2-4-13(17)14(12)16/h2-8H,17H2,1H3,(H,18,20). The number of carbonyl (C=O) groups excluding carboxylic acids is 2. The first-order valence-electron chi connectivity index (χ1n) is 5.95. The van der Waals surface area contributed by atoms with E-state index in [2.05, 4.69) is 21.2 Å². The molecule has 5 heteroatoms. The number of nitrogens with two attached hydrogens (primary N) is 1. The highest BCUT2D eigenvalue weighted by atomic mass is 79.9. The monoisotopic (exact) mass is 332 g/mol. The summed E-state index contributed by atoms with van der Waals surface area (Å²) < 4.78 is 0.567. The molecular formula is C15H13BrN2O2. The Bertz CT molecular complexity index is 666. The van der Waals surface area contributed by atoms with Crippen molar-refractivity contribution in [2.45, 2.75) is 6.92 Å². The van der Waals surface area contributed by atoms with Crippen LogP contribution in [0.4, 0.5) is 11.4 Å². The summed E-state index contributed by atoms with van der Waals surface area (Å²) >= 11 is 3.29. The Balaban J connectivity index is 2.19. The molecule has 0 aliphatic heterocycles. The third kappa shape index (κ3) is 3.05. The van der Waals surface area contributed by atoms with Gasteiger partial charge < -0.3 is 11.1 Å². The Morgan fingerprint density at radius 3 is 2.35 bits per heavy atom. The highest BCUT2D eigenvalue weighted by Crippen LogP contribution is 2.24. The fourth-order valence-electron chi connectivity index (χ4n) is 1.71. The maximum Gasteiger partial charge on any atom is 0.256 e. The molecule has 0 heterocycles. The number of halogens is 1. The maximum atomic E-state index is 12.1. The minimum Gasteiger partial charge on any atom is -0.398 e. The SMILES string of the molecule is CC(=O)c1ccc(NC(=O)c2cccc(N)c2Br)cc1. The molecule has 0 saturated heterocycles. The lowest BCUT2D eigenvalue weighted by Crippen LogP contribution is -2.13. The van der Waals surface area contributed by atoms with Crippen molar-refractivity contribution >= 4 is 39.0 Å². The molecule has 0 spiro atoms. The Kier molecular flexibility index (Phi) is 4.20. The third-order valence-corrected chi connectivity index (χ3v) is 3.71. The molecule has 1 amide bonds. The van der Waals surface area contributed by atoms with Crippen molar-refractivity contribution in [3.63, 3.8) is 0 Å². The zero-order valence-corrected chi connectivity index (χ0v) is 12.4. The van der Waals surface area contributed by atoms with Gasteiger partial charge in [-0.05, 0) is 59.3 Å². The van der Waals surface area contributed by atoms with Crippen LogP contribution in [0.1, 0.15) is 27.6 Å². The summed E-state index contributed by atoms with van der Waals surface area (Å²) in [5.74, 6) is -0.277. The number of benzene rings is 2. The molecule has 0 unspecified atom stereocenters. The minimum absolute atomic E-state index is 0.0125. The van der Waals surface area contributed by atoms with E-state index >= 15 is 0 Å². The van der Waals surface area contributed by atoms with Gasteiger partial charge in [-0.1, -0.05) is 6.07 Å². The van der Waals surface area contributed by atoms with Crippen LogP contribution in [0.5, 0.6) is 0 Å². The summed E-state index contributed by atoms with van der Waals surface area (Å²) in [6, 6.07) is 11.8. The number of amides is 1. The van der Waals surface area contributed by atoms with Crippen LogP contribution in [-0.2, 0) is 0 Å². The van der Waals surface area contributed by atoms with Crippen LogP contribution < -0.4 is 11.1 Å². The fraction of sp³-hybridized carbons (Fsp3) is 0.0667. The highest BCUT2D eigenvalue weighted by molar-refractivity contribution is 9.10. The molecule has 0 bridgehead atoms. The van der Waals surface area contributed by atoms with Gasteiger partial charge in [-0.2, -0.15) is 0 Å². The fourth-order valence-corrected chi connectivity index (χ4v) is 2.16. The zero-order valence-electron chi connectivity index (χ0n) is 10.8. The van der Waals surface area contributed by atoms with E-state index in [1.807, 2.05) is 0 Å². The average molecular weight is 333 g/mol. The van der Waals surface area contributed by atoms with Gasteiger partial charge >= 0.3 is 0 Å². The molecule has 4 nitrogen and oxygen atoms in total. The number of hydrogen-bond donors (Lipinski definition) is 2. The van der Waals surface area contributed by atoms with E-state index in [9.17, 15) is 9.59 Å². The first-order chi connectivity index (χ1) is 9.49. The van der Waals surface area contributed by atoms with E-state index in [1.54, 1.807) is 42.5 Å². The summed E-state index contributed by atoms with van der Waals surface area (Å²) in [5, 5.41) is 2.76. The lowest BCUT2D eigenvalue weighted by molar-refractivity contribution is 0.101. The molecule has 0 saturated carbocycles. The van der Waals surface area contributed by atoms with E-state index in [4.69, 9.17) is 5.73 Å². The van der Waals surface area contributed by atoms with Crippen LogP contribution in [0.15, 0.2) is 46.9 Å². The van der Waals surface area contributed by atoms with E-state index < -0.39 is 0 Å². The van der Waals surface area contributed by atoms with Crippen molar-refractivity contribution in [2.75, 3.05) is 11.1 Å². The Morgan fingerprint density at radius 2 is 1.75 bits per heavy atom. The number of anilines is 2. The summed E-state index contributed by atoms with van der Waals surface area (Å²) in [6.45, 7) is 1.50. The maximum absolute atomic E-state index is 12.1. The number of hydrogen-bond acceptors (Lipinski definition) is 3. The Hall–Kier alpha value is -2.14. The number of rotatable bonds is 3. The lowest BCUT2D eigenvalue weighted by Gasteiger charge is -2.08. The molecule has 0 aliphatic carbocycles. The van der Waals surface area contributed by atoms with Crippen molar-refractivity contribution in [1.82, 2.24) is 0 Å². The number of carbonyl (C=O) groups is 2.